The van der Waals surface area contributed by atoms with Crippen LogP contribution in [0.15, 0.2) is 36.8 Å². The zero-order chi connectivity index (χ0) is 20.6. The Balaban J connectivity index is 1.49. The van der Waals surface area contributed by atoms with Gasteiger partial charge in [0.1, 0.15) is 5.52 Å². The molecule has 10 nitrogen and oxygen atoms in total. The van der Waals surface area contributed by atoms with Crippen LogP contribution in [0.3, 0.4) is 0 Å². The molecule has 1 unspecified atom stereocenters. The Kier molecular flexibility index (Phi) is 5.22. The Morgan fingerprint density at radius 2 is 2.14 bits per heavy atom. The molecule has 12 heteroatoms. The summed E-state index contributed by atoms with van der Waals surface area (Å²) < 4.78 is 37.6. The lowest BCUT2D eigenvalue weighted by atomic mass is 9.70. The summed E-state index contributed by atoms with van der Waals surface area (Å²) in [5.74, 6) is -1.51. The SMILES string of the molecule is Nc1ncc2ncn([C@@H]3C[C@H](CO)[C@@H]3COP(=O)(O)Oc3ccccc3F)c2n1. The lowest BCUT2D eigenvalue weighted by Crippen LogP contribution is -2.43. The number of rotatable bonds is 7. The Bertz CT molecular complexity index is 1080. The minimum Gasteiger partial charge on any atom is -0.401 e. The van der Waals surface area contributed by atoms with E-state index in [-0.39, 0.29) is 42.8 Å². The summed E-state index contributed by atoms with van der Waals surface area (Å²) in [6, 6.07) is 5.06. The second kappa shape index (κ2) is 7.68. The van der Waals surface area contributed by atoms with Crippen LogP contribution >= 0.6 is 7.82 Å². The normalized spacial score (nSPS) is 23.5. The molecule has 29 heavy (non-hydrogen) atoms. The Hall–Kier alpha value is -2.59. The van der Waals surface area contributed by atoms with Crippen LogP contribution in [-0.2, 0) is 9.09 Å². The van der Waals surface area contributed by atoms with Crippen molar-refractivity contribution in [1.29, 1.82) is 0 Å². The van der Waals surface area contributed by atoms with Gasteiger partial charge in [-0.2, -0.15) is 4.98 Å². The highest BCUT2D eigenvalue weighted by atomic mass is 31.2. The fraction of sp³-hybridized carbons (Fsp3) is 0.353. The zero-order valence-electron chi connectivity index (χ0n) is 15.1. The highest BCUT2D eigenvalue weighted by Crippen LogP contribution is 2.50. The van der Waals surface area contributed by atoms with E-state index in [4.69, 9.17) is 14.8 Å². The van der Waals surface area contributed by atoms with E-state index in [0.717, 1.165) is 6.07 Å². The first-order valence-electron chi connectivity index (χ1n) is 8.85. The Labute approximate surface area is 164 Å². The number of aromatic nitrogens is 4. The van der Waals surface area contributed by atoms with Gasteiger partial charge in [0.05, 0.1) is 19.1 Å². The van der Waals surface area contributed by atoms with Gasteiger partial charge in [-0.15, -0.1) is 0 Å². The monoisotopic (exact) mass is 423 g/mol. The number of para-hydroxylation sites is 1. The summed E-state index contributed by atoms with van der Waals surface area (Å²) >= 11 is 0. The van der Waals surface area contributed by atoms with Gasteiger partial charge in [-0.1, -0.05) is 12.1 Å². The number of benzene rings is 1. The second-order valence-corrected chi connectivity index (χ2v) is 8.16. The van der Waals surface area contributed by atoms with Crippen LogP contribution in [0, 0.1) is 17.7 Å². The number of imidazole rings is 1. The smallest absolute Gasteiger partial charge is 0.401 e. The molecule has 1 aliphatic rings. The molecule has 1 aromatic carbocycles. The quantitative estimate of drug-likeness (QED) is 0.485. The van der Waals surface area contributed by atoms with Crippen molar-refractivity contribution in [2.24, 2.45) is 11.8 Å². The maximum Gasteiger partial charge on any atom is 0.527 e. The van der Waals surface area contributed by atoms with E-state index < -0.39 is 13.6 Å². The first kappa shape index (κ1) is 19.7. The number of nitrogens with zero attached hydrogens (tertiary/aromatic N) is 4. The molecule has 4 rings (SSSR count). The molecule has 4 N–H and O–H groups in total. The molecule has 2 aromatic heterocycles. The van der Waals surface area contributed by atoms with Crippen LogP contribution in [-0.4, -0.2) is 42.7 Å². The van der Waals surface area contributed by atoms with Crippen molar-refractivity contribution in [3.63, 3.8) is 0 Å². The molecule has 4 atom stereocenters. The van der Waals surface area contributed by atoms with Gasteiger partial charge in [0, 0.05) is 18.6 Å². The lowest BCUT2D eigenvalue weighted by molar-refractivity contribution is -0.00484. The van der Waals surface area contributed by atoms with E-state index in [9.17, 15) is 19.0 Å². The summed E-state index contributed by atoms with van der Waals surface area (Å²) in [6.07, 6.45) is 3.69. The molecule has 0 bridgehead atoms. The van der Waals surface area contributed by atoms with Crippen molar-refractivity contribution in [2.75, 3.05) is 18.9 Å². The highest BCUT2D eigenvalue weighted by Gasteiger charge is 2.44. The van der Waals surface area contributed by atoms with E-state index in [1.165, 1.54) is 24.4 Å². The molecule has 3 aromatic rings. The average Bonchev–Trinajstić information content (AvgIpc) is 3.06. The van der Waals surface area contributed by atoms with Crippen molar-refractivity contribution in [2.45, 2.75) is 12.5 Å². The third kappa shape index (κ3) is 3.95. The molecule has 0 radical (unpaired) electrons. The topological polar surface area (TPSA) is 146 Å². The first-order valence-corrected chi connectivity index (χ1v) is 10.3. The molecular weight excluding hydrogens is 404 g/mol. The Morgan fingerprint density at radius 3 is 2.90 bits per heavy atom. The van der Waals surface area contributed by atoms with E-state index in [0.29, 0.717) is 17.6 Å². The number of aliphatic hydroxyl groups is 1. The summed E-state index contributed by atoms with van der Waals surface area (Å²) in [5.41, 5.74) is 6.74. The maximum atomic E-state index is 13.7. The van der Waals surface area contributed by atoms with Gasteiger partial charge < -0.3 is 19.9 Å². The van der Waals surface area contributed by atoms with Crippen LogP contribution in [0.2, 0.25) is 0 Å². The van der Waals surface area contributed by atoms with E-state index >= 15 is 0 Å². The molecule has 0 aliphatic heterocycles. The van der Waals surface area contributed by atoms with Crippen molar-refractivity contribution in [3.8, 4) is 5.75 Å². The minimum absolute atomic E-state index is 0.100. The fourth-order valence-corrected chi connectivity index (χ4v) is 4.30. The number of phosphoric acid groups is 1. The number of aliphatic hydroxyl groups excluding tert-OH is 1. The van der Waals surface area contributed by atoms with Crippen LogP contribution in [0.5, 0.6) is 5.75 Å². The van der Waals surface area contributed by atoms with Gasteiger partial charge >= 0.3 is 7.82 Å². The van der Waals surface area contributed by atoms with Crippen molar-refractivity contribution in [3.05, 3.63) is 42.6 Å². The van der Waals surface area contributed by atoms with E-state index in [1.54, 1.807) is 10.9 Å². The molecule has 2 heterocycles. The largest absolute Gasteiger partial charge is 0.527 e. The van der Waals surface area contributed by atoms with Gasteiger partial charge in [0.25, 0.3) is 0 Å². The van der Waals surface area contributed by atoms with Gasteiger partial charge in [-0.25, -0.2) is 18.9 Å². The summed E-state index contributed by atoms with van der Waals surface area (Å²) in [7, 11) is -4.56. The van der Waals surface area contributed by atoms with E-state index in [1.807, 2.05) is 0 Å². The van der Waals surface area contributed by atoms with Crippen molar-refractivity contribution in [1.82, 2.24) is 19.5 Å². The first-order chi connectivity index (χ1) is 13.9. The molecule has 1 saturated carbocycles. The van der Waals surface area contributed by atoms with Crippen LogP contribution < -0.4 is 10.3 Å². The predicted molar refractivity (Wildman–Crippen MR) is 100 cm³/mol. The number of fused-ring (bicyclic) bond motifs is 1. The molecule has 0 saturated heterocycles. The van der Waals surface area contributed by atoms with E-state index in [2.05, 4.69) is 15.0 Å². The maximum absolute atomic E-state index is 13.7. The third-order valence-corrected chi connectivity index (χ3v) is 5.95. The summed E-state index contributed by atoms with van der Waals surface area (Å²) in [5, 5.41) is 9.59. The number of phosphoric ester groups is 1. The molecule has 1 fully saturated rings. The van der Waals surface area contributed by atoms with Gasteiger partial charge in [-0.05, 0) is 24.5 Å². The second-order valence-electron chi connectivity index (χ2n) is 6.78. The van der Waals surface area contributed by atoms with Gasteiger partial charge in [-0.3, -0.25) is 9.42 Å². The number of nitrogens with two attached hydrogens (primary N) is 1. The summed E-state index contributed by atoms with van der Waals surface area (Å²) in [4.78, 5) is 22.3. The molecular formula is C17H19FN5O5P. The summed E-state index contributed by atoms with van der Waals surface area (Å²) in [6.45, 7) is -0.295. The molecule has 0 spiro atoms. The van der Waals surface area contributed by atoms with Gasteiger partial charge in [0.2, 0.25) is 5.95 Å². The zero-order valence-corrected chi connectivity index (χ0v) is 16.0. The number of hydrogen-bond donors (Lipinski definition) is 3. The third-order valence-electron chi connectivity index (χ3n) is 5.05. The van der Waals surface area contributed by atoms with Crippen molar-refractivity contribution >= 4 is 24.9 Å². The van der Waals surface area contributed by atoms with Gasteiger partial charge in [0.15, 0.2) is 17.2 Å². The predicted octanol–water partition coefficient (Wildman–Crippen LogP) is 1.91. The highest BCUT2D eigenvalue weighted by molar-refractivity contribution is 7.47. The number of anilines is 1. The van der Waals surface area contributed by atoms with Crippen LogP contribution in [0.25, 0.3) is 11.2 Å². The Morgan fingerprint density at radius 1 is 1.34 bits per heavy atom. The van der Waals surface area contributed by atoms with Crippen LogP contribution in [0.4, 0.5) is 10.3 Å². The number of halogens is 1. The number of hydrogen-bond acceptors (Lipinski definition) is 8. The lowest BCUT2D eigenvalue weighted by Gasteiger charge is -2.44. The van der Waals surface area contributed by atoms with Crippen LogP contribution in [0.1, 0.15) is 12.5 Å². The minimum atomic E-state index is -4.56. The van der Waals surface area contributed by atoms with Crippen molar-refractivity contribution < 1.29 is 28.0 Å². The average molecular weight is 423 g/mol. The number of nitrogen functional groups attached to an aromatic ring is 1. The molecule has 0 amide bonds. The molecule has 1 aliphatic carbocycles. The standard InChI is InChI=1S/C17H19FN5O5P/c18-12-3-1-2-4-15(12)28-29(25,26)27-8-11-10(7-24)5-14(11)23-9-21-13-6-20-17(19)22-16(13)23/h1-4,6,9-11,14,24H,5,7-8H2,(H,25,26)(H2,19,20,22)/t10-,11+,14-/m1/s1. The fourth-order valence-electron chi connectivity index (χ4n) is 3.49. The molecule has 154 valence electrons.